The number of hydrogen-bond donors (Lipinski definition) is 0. The number of sulfonamides is 1. The van der Waals surface area contributed by atoms with Crippen molar-refractivity contribution in [1.82, 2.24) is 4.31 Å². The van der Waals surface area contributed by atoms with Crippen LogP contribution in [0.15, 0.2) is 18.2 Å². The molecule has 0 N–H and O–H groups in total. The summed E-state index contributed by atoms with van der Waals surface area (Å²) in [6, 6.07) is 5.67. The lowest BCUT2D eigenvalue weighted by atomic mass is 10.0. The maximum absolute atomic E-state index is 11.8. The lowest BCUT2D eigenvalue weighted by molar-refractivity contribution is 0.296. The first-order chi connectivity index (χ1) is 9.55. The minimum atomic E-state index is -3.17. The second kappa shape index (κ2) is 5.26. The average molecular weight is 297 g/mol. The Morgan fingerprint density at radius 1 is 1.15 bits per heavy atom. The molecule has 3 rings (SSSR count). The van der Waals surface area contributed by atoms with Crippen LogP contribution in [-0.4, -0.2) is 38.7 Å². The van der Waals surface area contributed by atoms with E-state index in [1.165, 1.54) is 6.26 Å². The quantitative estimate of drug-likeness (QED) is 0.837. The van der Waals surface area contributed by atoms with Gasteiger partial charge in [0, 0.05) is 19.0 Å². The Kier molecular flexibility index (Phi) is 3.60. The van der Waals surface area contributed by atoms with Crippen LogP contribution >= 0.6 is 0 Å². The Morgan fingerprint density at radius 2 is 1.90 bits per heavy atom. The van der Waals surface area contributed by atoms with Gasteiger partial charge in [0.05, 0.1) is 19.5 Å². The summed E-state index contributed by atoms with van der Waals surface area (Å²) in [5.74, 6) is 1.47. The topological polar surface area (TPSA) is 55.8 Å². The summed E-state index contributed by atoms with van der Waals surface area (Å²) in [5.41, 5.74) is 0.983. The third kappa shape index (κ3) is 2.62. The Balaban J connectivity index is 1.92. The van der Waals surface area contributed by atoms with Gasteiger partial charge in [0.25, 0.3) is 0 Å². The van der Waals surface area contributed by atoms with Crippen LogP contribution in [0.2, 0.25) is 0 Å². The Hall–Kier alpha value is -1.27. The van der Waals surface area contributed by atoms with Crippen LogP contribution in [0.5, 0.6) is 11.5 Å². The summed E-state index contributed by atoms with van der Waals surface area (Å²) in [4.78, 5) is 0. The van der Waals surface area contributed by atoms with Crippen LogP contribution in [0.3, 0.4) is 0 Å². The fraction of sp³-hybridized carbons (Fsp3) is 0.571. The van der Waals surface area contributed by atoms with Crippen molar-refractivity contribution >= 4 is 10.0 Å². The van der Waals surface area contributed by atoms with Gasteiger partial charge in [-0.05, 0) is 30.5 Å². The molecule has 0 aromatic heterocycles. The number of benzene rings is 1. The molecule has 0 bridgehead atoms. The molecule has 1 aromatic rings. The van der Waals surface area contributed by atoms with Crippen molar-refractivity contribution < 1.29 is 17.9 Å². The number of fused-ring (bicyclic) bond motifs is 1. The number of hydrogen-bond acceptors (Lipinski definition) is 4. The van der Waals surface area contributed by atoms with E-state index in [4.69, 9.17) is 9.47 Å². The summed E-state index contributed by atoms with van der Waals surface area (Å²) in [6.45, 7) is 1.89. The maximum Gasteiger partial charge on any atom is 0.211 e. The summed E-state index contributed by atoms with van der Waals surface area (Å²) in [6.07, 6.45) is 3.89. The summed E-state index contributed by atoms with van der Waals surface area (Å²) in [7, 11) is -3.17. The van der Waals surface area contributed by atoms with Crippen molar-refractivity contribution in [3.8, 4) is 11.5 Å². The van der Waals surface area contributed by atoms with Gasteiger partial charge >= 0.3 is 0 Å². The second-order valence-electron chi connectivity index (χ2n) is 5.29. The van der Waals surface area contributed by atoms with E-state index >= 15 is 0 Å². The van der Waals surface area contributed by atoms with E-state index in [-0.39, 0.29) is 6.04 Å². The molecule has 2 aliphatic rings. The fourth-order valence-corrected chi connectivity index (χ4v) is 4.01. The molecular formula is C14H19NO4S. The van der Waals surface area contributed by atoms with E-state index in [0.29, 0.717) is 19.8 Å². The molecule has 1 saturated heterocycles. The molecule has 1 atom stereocenters. The first kappa shape index (κ1) is 13.7. The van der Waals surface area contributed by atoms with Gasteiger partial charge in [-0.25, -0.2) is 8.42 Å². The van der Waals surface area contributed by atoms with Crippen LogP contribution in [0.25, 0.3) is 0 Å². The number of nitrogens with zero attached hydrogens (tertiary/aromatic N) is 1. The van der Waals surface area contributed by atoms with Gasteiger partial charge in [-0.2, -0.15) is 4.31 Å². The van der Waals surface area contributed by atoms with E-state index in [1.807, 2.05) is 18.2 Å². The lowest BCUT2D eigenvalue weighted by Crippen LogP contribution is -2.29. The Labute approximate surface area is 119 Å². The predicted octanol–water partition coefficient (Wildman–Crippen LogP) is 1.94. The molecule has 0 amide bonds. The zero-order valence-corrected chi connectivity index (χ0v) is 12.4. The first-order valence-corrected chi connectivity index (χ1v) is 8.77. The van der Waals surface area contributed by atoms with E-state index < -0.39 is 10.0 Å². The highest BCUT2D eigenvalue weighted by Gasteiger charge is 2.33. The van der Waals surface area contributed by atoms with Crippen LogP contribution < -0.4 is 9.47 Å². The summed E-state index contributed by atoms with van der Waals surface area (Å²) < 4.78 is 36.5. The summed E-state index contributed by atoms with van der Waals surface area (Å²) in [5, 5.41) is 0. The predicted molar refractivity (Wildman–Crippen MR) is 75.6 cm³/mol. The van der Waals surface area contributed by atoms with E-state index in [9.17, 15) is 8.42 Å². The molecule has 2 aliphatic heterocycles. The molecule has 20 heavy (non-hydrogen) atoms. The SMILES string of the molecule is CS(=O)(=O)N1CCC[C@@H]1c1ccc2c(c1)OCCCO2. The zero-order valence-electron chi connectivity index (χ0n) is 11.5. The van der Waals surface area contributed by atoms with E-state index in [1.54, 1.807) is 4.31 Å². The highest BCUT2D eigenvalue weighted by atomic mass is 32.2. The molecule has 0 aliphatic carbocycles. The van der Waals surface area contributed by atoms with Crippen molar-refractivity contribution in [2.75, 3.05) is 26.0 Å². The standard InChI is InChI=1S/C14H19NO4S/c1-20(16,17)15-7-2-4-12(15)11-5-6-13-14(10-11)19-9-3-8-18-13/h5-6,10,12H,2-4,7-9H2,1H3/t12-/m1/s1. The minimum absolute atomic E-state index is 0.0813. The van der Waals surface area contributed by atoms with Gasteiger partial charge < -0.3 is 9.47 Å². The maximum atomic E-state index is 11.8. The van der Waals surface area contributed by atoms with Crippen molar-refractivity contribution in [3.05, 3.63) is 23.8 Å². The third-order valence-corrected chi connectivity index (χ3v) is 5.08. The smallest absolute Gasteiger partial charge is 0.211 e. The monoisotopic (exact) mass is 297 g/mol. The van der Waals surface area contributed by atoms with E-state index in [0.717, 1.165) is 36.3 Å². The number of ether oxygens (including phenoxy) is 2. The lowest BCUT2D eigenvalue weighted by Gasteiger charge is -2.23. The first-order valence-electron chi connectivity index (χ1n) is 6.92. The van der Waals surface area contributed by atoms with Crippen LogP contribution in [0, 0.1) is 0 Å². The highest BCUT2D eigenvalue weighted by Crippen LogP contribution is 2.38. The zero-order chi connectivity index (χ0) is 14.2. The third-order valence-electron chi connectivity index (χ3n) is 3.79. The number of rotatable bonds is 2. The minimum Gasteiger partial charge on any atom is -0.490 e. The molecule has 0 unspecified atom stereocenters. The largest absolute Gasteiger partial charge is 0.490 e. The normalized spacial score (nSPS) is 23.6. The van der Waals surface area contributed by atoms with Crippen molar-refractivity contribution in [2.45, 2.75) is 25.3 Å². The van der Waals surface area contributed by atoms with Gasteiger partial charge in [0.15, 0.2) is 11.5 Å². The Bertz CT molecular complexity index is 599. The van der Waals surface area contributed by atoms with Crippen LogP contribution in [0.1, 0.15) is 30.9 Å². The van der Waals surface area contributed by atoms with E-state index in [2.05, 4.69) is 0 Å². The highest BCUT2D eigenvalue weighted by molar-refractivity contribution is 7.88. The molecule has 0 saturated carbocycles. The molecule has 6 heteroatoms. The fourth-order valence-electron chi connectivity index (χ4n) is 2.86. The second-order valence-corrected chi connectivity index (χ2v) is 7.22. The molecule has 0 radical (unpaired) electrons. The van der Waals surface area contributed by atoms with Crippen molar-refractivity contribution in [1.29, 1.82) is 0 Å². The van der Waals surface area contributed by atoms with Gasteiger partial charge in [-0.3, -0.25) is 0 Å². The average Bonchev–Trinajstić information content (AvgIpc) is 2.78. The molecule has 1 fully saturated rings. The molecule has 2 heterocycles. The molecule has 110 valence electrons. The molecule has 0 spiro atoms. The molecule has 1 aromatic carbocycles. The van der Waals surface area contributed by atoms with Gasteiger partial charge in [0.1, 0.15) is 0 Å². The van der Waals surface area contributed by atoms with Gasteiger partial charge in [0.2, 0.25) is 10.0 Å². The van der Waals surface area contributed by atoms with Crippen molar-refractivity contribution in [3.63, 3.8) is 0 Å². The molecular weight excluding hydrogens is 278 g/mol. The van der Waals surface area contributed by atoms with Crippen molar-refractivity contribution in [2.24, 2.45) is 0 Å². The Morgan fingerprint density at radius 3 is 2.65 bits per heavy atom. The summed E-state index contributed by atoms with van der Waals surface area (Å²) >= 11 is 0. The van der Waals surface area contributed by atoms with Gasteiger partial charge in [-0.15, -0.1) is 0 Å². The molecule has 5 nitrogen and oxygen atoms in total. The van der Waals surface area contributed by atoms with Crippen LogP contribution in [0.4, 0.5) is 0 Å². The van der Waals surface area contributed by atoms with Gasteiger partial charge in [-0.1, -0.05) is 6.07 Å². The van der Waals surface area contributed by atoms with Crippen LogP contribution in [-0.2, 0) is 10.0 Å².